The highest BCUT2D eigenvalue weighted by molar-refractivity contribution is 5.34. The summed E-state index contributed by atoms with van der Waals surface area (Å²) in [5, 5.41) is 3.57. The Bertz CT molecular complexity index is 471. The highest BCUT2D eigenvalue weighted by Crippen LogP contribution is 2.21. The molecule has 0 atom stereocenters. The molecular formula is C12H13FN2O2. The molecule has 4 nitrogen and oxygen atoms in total. The Balaban J connectivity index is 2.08. The average molecular weight is 236 g/mol. The molecule has 0 saturated heterocycles. The summed E-state index contributed by atoms with van der Waals surface area (Å²) in [6.07, 6.45) is 2.12. The van der Waals surface area contributed by atoms with Gasteiger partial charge in [-0.1, -0.05) is 5.16 Å². The van der Waals surface area contributed by atoms with E-state index < -0.39 is 0 Å². The molecule has 0 radical (unpaired) electrons. The molecule has 2 rings (SSSR count). The van der Waals surface area contributed by atoms with E-state index in [9.17, 15) is 4.39 Å². The highest BCUT2D eigenvalue weighted by Gasteiger charge is 2.06. The molecule has 0 aliphatic heterocycles. The van der Waals surface area contributed by atoms with Gasteiger partial charge in [0.05, 0.1) is 6.20 Å². The lowest BCUT2D eigenvalue weighted by molar-refractivity contribution is 0.247. The molecule has 90 valence electrons. The fraction of sp³-hybridized carbons (Fsp3) is 0.250. The third-order valence-electron chi connectivity index (χ3n) is 2.30. The summed E-state index contributed by atoms with van der Waals surface area (Å²) < 4.78 is 23.5. The molecule has 2 aromatic rings. The van der Waals surface area contributed by atoms with Crippen LogP contribution in [-0.2, 0) is 13.0 Å². The molecule has 1 aromatic carbocycles. The zero-order valence-corrected chi connectivity index (χ0v) is 9.23. The van der Waals surface area contributed by atoms with E-state index in [0.29, 0.717) is 24.5 Å². The first-order valence-corrected chi connectivity index (χ1v) is 5.30. The van der Waals surface area contributed by atoms with Crippen molar-refractivity contribution in [1.29, 1.82) is 0 Å². The SMILES string of the molecule is NCCc1cc(F)ccc1OCc1ccno1. The number of hydrogen-bond donors (Lipinski definition) is 1. The average Bonchev–Trinajstić information content (AvgIpc) is 2.81. The van der Waals surface area contributed by atoms with Gasteiger partial charge in [-0.15, -0.1) is 0 Å². The van der Waals surface area contributed by atoms with Crippen LogP contribution in [0.2, 0.25) is 0 Å². The molecular weight excluding hydrogens is 223 g/mol. The first kappa shape index (κ1) is 11.6. The Hall–Kier alpha value is -1.88. The lowest BCUT2D eigenvalue weighted by Crippen LogP contribution is -2.05. The van der Waals surface area contributed by atoms with Crippen LogP contribution in [0.25, 0.3) is 0 Å². The van der Waals surface area contributed by atoms with Gasteiger partial charge in [-0.25, -0.2) is 4.39 Å². The number of ether oxygens (including phenoxy) is 1. The van der Waals surface area contributed by atoms with Gasteiger partial charge in [-0.2, -0.15) is 0 Å². The van der Waals surface area contributed by atoms with Gasteiger partial charge >= 0.3 is 0 Å². The van der Waals surface area contributed by atoms with E-state index in [4.69, 9.17) is 15.0 Å². The van der Waals surface area contributed by atoms with Crippen molar-refractivity contribution in [3.63, 3.8) is 0 Å². The second kappa shape index (κ2) is 5.45. The van der Waals surface area contributed by atoms with Gasteiger partial charge in [0.25, 0.3) is 0 Å². The maximum Gasteiger partial charge on any atom is 0.174 e. The van der Waals surface area contributed by atoms with Crippen LogP contribution in [-0.4, -0.2) is 11.7 Å². The summed E-state index contributed by atoms with van der Waals surface area (Å²) in [6, 6.07) is 6.10. The standard InChI is InChI=1S/C12H13FN2O2/c13-10-1-2-12(9(7-10)3-5-14)16-8-11-4-6-15-17-11/h1-2,4,6-7H,3,5,8,14H2. The summed E-state index contributed by atoms with van der Waals surface area (Å²) in [5.41, 5.74) is 6.22. The van der Waals surface area contributed by atoms with E-state index in [2.05, 4.69) is 5.16 Å². The van der Waals surface area contributed by atoms with Crippen LogP contribution < -0.4 is 10.5 Å². The number of hydrogen-bond acceptors (Lipinski definition) is 4. The number of halogens is 1. The number of benzene rings is 1. The molecule has 17 heavy (non-hydrogen) atoms. The zero-order chi connectivity index (χ0) is 12.1. The largest absolute Gasteiger partial charge is 0.485 e. The monoisotopic (exact) mass is 236 g/mol. The minimum atomic E-state index is -0.291. The Labute approximate surface area is 98.2 Å². The van der Waals surface area contributed by atoms with Crippen LogP contribution >= 0.6 is 0 Å². The molecule has 1 aromatic heterocycles. The first-order valence-electron chi connectivity index (χ1n) is 5.30. The van der Waals surface area contributed by atoms with Gasteiger partial charge in [0.1, 0.15) is 18.2 Å². The van der Waals surface area contributed by atoms with Gasteiger partial charge in [0.2, 0.25) is 0 Å². The van der Waals surface area contributed by atoms with Crippen molar-refractivity contribution < 1.29 is 13.7 Å². The molecule has 0 saturated carbocycles. The summed E-state index contributed by atoms with van der Waals surface area (Å²) in [7, 11) is 0. The van der Waals surface area contributed by atoms with Crippen molar-refractivity contribution in [3.8, 4) is 5.75 Å². The minimum Gasteiger partial charge on any atom is -0.485 e. The van der Waals surface area contributed by atoms with Crippen molar-refractivity contribution >= 4 is 0 Å². The number of aromatic nitrogens is 1. The zero-order valence-electron chi connectivity index (χ0n) is 9.23. The third kappa shape index (κ3) is 3.04. The minimum absolute atomic E-state index is 0.267. The predicted octanol–water partition coefficient (Wildman–Crippen LogP) is 1.89. The molecule has 0 unspecified atom stereocenters. The normalized spacial score (nSPS) is 10.5. The Morgan fingerprint density at radius 3 is 2.94 bits per heavy atom. The maximum absolute atomic E-state index is 13.1. The molecule has 2 N–H and O–H groups in total. The first-order chi connectivity index (χ1) is 8.29. The molecule has 0 fully saturated rings. The lowest BCUT2D eigenvalue weighted by Gasteiger charge is -2.09. The van der Waals surface area contributed by atoms with Gasteiger partial charge in [-0.05, 0) is 36.7 Å². The van der Waals surface area contributed by atoms with Crippen LogP contribution in [0.5, 0.6) is 5.75 Å². The van der Waals surface area contributed by atoms with Crippen LogP contribution in [0.1, 0.15) is 11.3 Å². The Morgan fingerprint density at radius 1 is 1.35 bits per heavy atom. The van der Waals surface area contributed by atoms with Crippen molar-refractivity contribution in [2.24, 2.45) is 5.73 Å². The lowest BCUT2D eigenvalue weighted by atomic mass is 10.1. The summed E-state index contributed by atoms with van der Waals surface area (Å²) >= 11 is 0. The van der Waals surface area contributed by atoms with Gasteiger partial charge in [0.15, 0.2) is 5.76 Å². The molecule has 0 amide bonds. The number of nitrogens with zero attached hydrogens (tertiary/aromatic N) is 1. The van der Waals surface area contributed by atoms with Gasteiger partial charge in [0, 0.05) is 6.07 Å². The van der Waals surface area contributed by atoms with Crippen molar-refractivity contribution in [3.05, 3.63) is 47.6 Å². The van der Waals surface area contributed by atoms with E-state index in [1.165, 1.54) is 12.1 Å². The van der Waals surface area contributed by atoms with Crippen LogP contribution in [0.15, 0.2) is 35.0 Å². The third-order valence-corrected chi connectivity index (χ3v) is 2.30. The fourth-order valence-corrected chi connectivity index (χ4v) is 1.51. The number of rotatable bonds is 5. The van der Waals surface area contributed by atoms with E-state index in [0.717, 1.165) is 5.56 Å². The van der Waals surface area contributed by atoms with Crippen molar-refractivity contribution in [2.45, 2.75) is 13.0 Å². The molecule has 0 aliphatic rings. The smallest absolute Gasteiger partial charge is 0.174 e. The predicted molar refractivity (Wildman–Crippen MR) is 60.0 cm³/mol. The fourth-order valence-electron chi connectivity index (χ4n) is 1.51. The van der Waals surface area contributed by atoms with E-state index >= 15 is 0 Å². The Kier molecular flexibility index (Phi) is 3.72. The van der Waals surface area contributed by atoms with E-state index in [1.807, 2.05) is 0 Å². The summed E-state index contributed by atoms with van der Waals surface area (Å²) in [6.45, 7) is 0.714. The van der Waals surface area contributed by atoms with E-state index in [-0.39, 0.29) is 12.4 Å². The topological polar surface area (TPSA) is 61.3 Å². The van der Waals surface area contributed by atoms with Gasteiger partial charge < -0.3 is 15.0 Å². The van der Waals surface area contributed by atoms with Crippen molar-refractivity contribution in [1.82, 2.24) is 5.16 Å². The van der Waals surface area contributed by atoms with E-state index in [1.54, 1.807) is 18.3 Å². The second-order valence-corrected chi connectivity index (χ2v) is 3.56. The van der Waals surface area contributed by atoms with Crippen LogP contribution in [0.4, 0.5) is 4.39 Å². The molecule has 5 heteroatoms. The maximum atomic E-state index is 13.1. The second-order valence-electron chi connectivity index (χ2n) is 3.56. The molecule has 0 aliphatic carbocycles. The van der Waals surface area contributed by atoms with Crippen molar-refractivity contribution in [2.75, 3.05) is 6.54 Å². The molecule has 1 heterocycles. The highest BCUT2D eigenvalue weighted by atomic mass is 19.1. The molecule has 0 spiro atoms. The Morgan fingerprint density at radius 2 is 2.24 bits per heavy atom. The summed E-state index contributed by atoms with van der Waals surface area (Å²) in [5.74, 6) is 0.946. The van der Waals surface area contributed by atoms with Crippen LogP contribution in [0.3, 0.4) is 0 Å². The van der Waals surface area contributed by atoms with Gasteiger partial charge in [-0.3, -0.25) is 0 Å². The quantitative estimate of drug-likeness (QED) is 0.861. The van der Waals surface area contributed by atoms with Crippen LogP contribution in [0, 0.1) is 5.82 Å². The summed E-state index contributed by atoms with van der Waals surface area (Å²) in [4.78, 5) is 0. The molecule has 0 bridgehead atoms. The number of nitrogens with two attached hydrogens (primary N) is 1.